The summed E-state index contributed by atoms with van der Waals surface area (Å²) in [4.78, 5) is 14.0. The van der Waals surface area contributed by atoms with E-state index in [1.165, 1.54) is 0 Å². The van der Waals surface area contributed by atoms with E-state index < -0.39 is 0 Å². The monoisotopic (exact) mass is 250 g/mol. The van der Waals surface area contributed by atoms with Gasteiger partial charge in [-0.05, 0) is 42.8 Å². The molecule has 0 atom stereocenters. The second-order valence-corrected chi connectivity index (χ2v) is 4.34. The largest absolute Gasteiger partial charge is 0.311 e. The molecule has 0 saturated heterocycles. The number of nitriles is 1. The lowest BCUT2D eigenvalue weighted by molar-refractivity contribution is 0.0993. The van der Waals surface area contributed by atoms with Crippen molar-refractivity contribution in [3.63, 3.8) is 0 Å². The van der Waals surface area contributed by atoms with Gasteiger partial charge in [0.2, 0.25) is 0 Å². The lowest BCUT2D eigenvalue weighted by Crippen LogP contribution is -2.26. The van der Waals surface area contributed by atoms with Crippen LogP contribution in [0.5, 0.6) is 0 Å². The molecule has 0 N–H and O–H groups in total. The highest BCUT2D eigenvalue weighted by atomic mass is 16.2. The van der Waals surface area contributed by atoms with Gasteiger partial charge in [-0.25, -0.2) is 0 Å². The third-order valence-corrected chi connectivity index (χ3v) is 3.04. The Balaban J connectivity index is 2.29. The number of aryl methyl sites for hydroxylation is 1. The molecule has 2 rings (SSSR count). The van der Waals surface area contributed by atoms with E-state index in [9.17, 15) is 4.79 Å². The zero-order valence-electron chi connectivity index (χ0n) is 10.9. The molecule has 94 valence electrons. The third kappa shape index (κ3) is 2.63. The first-order valence-corrected chi connectivity index (χ1v) is 5.97. The molecule has 3 nitrogen and oxygen atoms in total. The maximum atomic E-state index is 12.3. The highest BCUT2D eigenvalue weighted by Gasteiger charge is 2.14. The van der Waals surface area contributed by atoms with Crippen molar-refractivity contribution in [3.05, 3.63) is 65.2 Å². The number of hydrogen-bond donors (Lipinski definition) is 0. The van der Waals surface area contributed by atoms with E-state index in [-0.39, 0.29) is 5.91 Å². The molecule has 0 aliphatic carbocycles. The number of anilines is 1. The molecule has 0 unspecified atom stereocenters. The normalized spacial score (nSPS) is 9.74. The van der Waals surface area contributed by atoms with E-state index in [1.54, 1.807) is 36.2 Å². The molecule has 0 heterocycles. The first kappa shape index (κ1) is 12.8. The van der Waals surface area contributed by atoms with Crippen molar-refractivity contribution in [1.82, 2.24) is 0 Å². The van der Waals surface area contributed by atoms with Crippen molar-refractivity contribution in [2.75, 3.05) is 11.9 Å². The zero-order chi connectivity index (χ0) is 13.8. The van der Waals surface area contributed by atoms with Gasteiger partial charge in [0.15, 0.2) is 0 Å². The Morgan fingerprint density at radius 2 is 1.74 bits per heavy atom. The molecule has 0 spiro atoms. The SMILES string of the molecule is Cc1ccccc1N(C)C(=O)c1ccc(C#N)cc1. The minimum absolute atomic E-state index is 0.0845. The van der Waals surface area contributed by atoms with E-state index in [0.29, 0.717) is 11.1 Å². The minimum atomic E-state index is -0.0845. The van der Waals surface area contributed by atoms with Gasteiger partial charge in [0, 0.05) is 18.3 Å². The summed E-state index contributed by atoms with van der Waals surface area (Å²) in [5, 5.41) is 8.75. The molecular weight excluding hydrogens is 236 g/mol. The summed E-state index contributed by atoms with van der Waals surface area (Å²) in [7, 11) is 1.75. The molecule has 19 heavy (non-hydrogen) atoms. The molecule has 1 amide bonds. The summed E-state index contributed by atoms with van der Waals surface area (Å²) in [5.74, 6) is -0.0845. The van der Waals surface area contributed by atoms with Crippen molar-refractivity contribution >= 4 is 11.6 Å². The lowest BCUT2D eigenvalue weighted by Gasteiger charge is -2.19. The predicted molar refractivity (Wildman–Crippen MR) is 75.1 cm³/mol. The minimum Gasteiger partial charge on any atom is -0.311 e. The van der Waals surface area contributed by atoms with Gasteiger partial charge in [-0.15, -0.1) is 0 Å². The number of rotatable bonds is 2. The fraction of sp³-hybridized carbons (Fsp3) is 0.125. The number of benzene rings is 2. The van der Waals surface area contributed by atoms with E-state index in [0.717, 1.165) is 11.3 Å². The van der Waals surface area contributed by atoms with Crippen molar-refractivity contribution in [2.45, 2.75) is 6.92 Å². The molecule has 0 aromatic heterocycles. The Morgan fingerprint density at radius 3 is 2.32 bits per heavy atom. The Labute approximate surface area is 112 Å². The summed E-state index contributed by atoms with van der Waals surface area (Å²) >= 11 is 0. The van der Waals surface area contributed by atoms with Crippen molar-refractivity contribution < 1.29 is 4.79 Å². The number of amides is 1. The average Bonchev–Trinajstić information content (AvgIpc) is 2.46. The summed E-state index contributed by atoms with van der Waals surface area (Å²) in [6.07, 6.45) is 0. The van der Waals surface area contributed by atoms with Crippen LogP contribution in [0.15, 0.2) is 48.5 Å². The van der Waals surface area contributed by atoms with Crippen LogP contribution >= 0.6 is 0 Å². The zero-order valence-corrected chi connectivity index (χ0v) is 10.9. The predicted octanol–water partition coefficient (Wildman–Crippen LogP) is 3.14. The van der Waals surface area contributed by atoms with Gasteiger partial charge in [-0.2, -0.15) is 5.26 Å². The smallest absolute Gasteiger partial charge is 0.258 e. The Bertz CT molecular complexity index is 639. The quantitative estimate of drug-likeness (QED) is 0.821. The molecule has 0 aliphatic heterocycles. The summed E-state index contributed by atoms with van der Waals surface area (Å²) in [6.45, 7) is 1.97. The van der Waals surface area contributed by atoms with E-state index in [4.69, 9.17) is 5.26 Å². The van der Waals surface area contributed by atoms with Gasteiger partial charge in [0.25, 0.3) is 5.91 Å². The van der Waals surface area contributed by atoms with Gasteiger partial charge >= 0.3 is 0 Å². The highest BCUT2D eigenvalue weighted by molar-refractivity contribution is 6.06. The van der Waals surface area contributed by atoms with E-state index >= 15 is 0 Å². The summed E-state index contributed by atoms with van der Waals surface area (Å²) in [5.41, 5.74) is 3.06. The fourth-order valence-corrected chi connectivity index (χ4v) is 1.93. The van der Waals surface area contributed by atoms with Crippen molar-refractivity contribution in [3.8, 4) is 6.07 Å². The summed E-state index contributed by atoms with van der Waals surface area (Å²) < 4.78 is 0. The first-order chi connectivity index (χ1) is 9.13. The Morgan fingerprint density at radius 1 is 1.11 bits per heavy atom. The lowest BCUT2D eigenvalue weighted by atomic mass is 10.1. The number of hydrogen-bond acceptors (Lipinski definition) is 2. The molecule has 0 radical (unpaired) electrons. The third-order valence-electron chi connectivity index (χ3n) is 3.04. The van der Waals surface area contributed by atoms with Crippen LogP contribution in [0.3, 0.4) is 0 Å². The second-order valence-electron chi connectivity index (χ2n) is 4.34. The molecule has 2 aromatic rings. The topological polar surface area (TPSA) is 44.1 Å². The van der Waals surface area contributed by atoms with Gasteiger partial charge in [-0.3, -0.25) is 4.79 Å². The van der Waals surface area contributed by atoms with E-state index in [1.807, 2.05) is 37.3 Å². The average molecular weight is 250 g/mol. The van der Waals surface area contributed by atoms with Crippen molar-refractivity contribution in [2.24, 2.45) is 0 Å². The Kier molecular flexibility index (Phi) is 3.63. The van der Waals surface area contributed by atoms with Crippen LogP contribution in [0.1, 0.15) is 21.5 Å². The molecule has 0 fully saturated rings. The molecule has 0 bridgehead atoms. The van der Waals surface area contributed by atoms with E-state index in [2.05, 4.69) is 0 Å². The number of nitrogens with zero attached hydrogens (tertiary/aromatic N) is 2. The van der Waals surface area contributed by atoms with Gasteiger partial charge in [-0.1, -0.05) is 18.2 Å². The number of carbonyl (C=O) groups excluding carboxylic acids is 1. The van der Waals surface area contributed by atoms with Crippen molar-refractivity contribution in [1.29, 1.82) is 5.26 Å². The summed E-state index contributed by atoms with van der Waals surface area (Å²) in [6, 6.07) is 16.4. The van der Waals surface area contributed by atoms with Gasteiger partial charge in [0.05, 0.1) is 11.6 Å². The number of para-hydroxylation sites is 1. The van der Waals surface area contributed by atoms with Gasteiger partial charge in [0.1, 0.15) is 0 Å². The second kappa shape index (κ2) is 5.36. The highest BCUT2D eigenvalue weighted by Crippen LogP contribution is 2.20. The Hall–Kier alpha value is -2.60. The maximum absolute atomic E-state index is 12.3. The molecule has 2 aromatic carbocycles. The van der Waals surface area contributed by atoms with Crippen LogP contribution < -0.4 is 4.90 Å². The molecule has 0 aliphatic rings. The van der Waals surface area contributed by atoms with Crippen LogP contribution in [-0.4, -0.2) is 13.0 Å². The standard InChI is InChI=1S/C16H14N2O/c1-12-5-3-4-6-15(12)18(2)16(19)14-9-7-13(11-17)8-10-14/h3-10H,1-2H3. The molecular formula is C16H14N2O. The molecule has 0 saturated carbocycles. The fourth-order valence-electron chi connectivity index (χ4n) is 1.93. The van der Waals surface area contributed by atoms with Crippen LogP contribution in [-0.2, 0) is 0 Å². The number of carbonyl (C=O) groups is 1. The van der Waals surface area contributed by atoms with Crippen LogP contribution in [0.25, 0.3) is 0 Å². The maximum Gasteiger partial charge on any atom is 0.258 e. The van der Waals surface area contributed by atoms with Crippen LogP contribution in [0.4, 0.5) is 5.69 Å². The van der Waals surface area contributed by atoms with Crippen LogP contribution in [0.2, 0.25) is 0 Å². The first-order valence-electron chi connectivity index (χ1n) is 5.97. The van der Waals surface area contributed by atoms with Gasteiger partial charge < -0.3 is 4.90 Å². The van der Waals surface area contributed by atoms with Crippen LogP contribution in [0, 0.1) is 18.3 Å². The molecule has 3 heteroatoms.